The van der Waals surface area contributed by atoms with Gasteiger partial charge >= 0.3 is 0 Å². The third-order valence-corrected chi connectivity index (χ3v) is 6.89. The molecule has 1 amide bonds. The second kappa shape index (κ2) is 9.86. The number of allylic oxidation sites excluding steroid dienone is 2. The lowest BCUT2D eigenvalue weighted by molar-refractivity contribution is 0.0907. The van der Waals surface area contributed by atoms with Crippen molar-refractivity contribution in [3.8, 4) is 5.88 Å². The molecule has 1 saturated carbocycles. The molecule has 2 unspecified atom stereocenters. The number of hydrogen-bond acceptors (Lipinski definition) is 7. The Morgan fingerprint density at radius 3 is 2.76 bits per heavy atom. The summed E-state index contributed by atoms with van der Waals surface area (Å²) in [5.41, 5.74) is -0.703. The average molecular weight is 484 g/mol. The molecule has 34 heavy (non-hydrogen) atoms. The van der Waals surface area contributed by atoms with Crippen LogP contribution in [0.25, 0.3) is 0 Å². The summed E-state index contributed by atoms with van der Waals surface area (Å²) in [5.74, 6) is 1.34. The fraction of sp³-hybridized carbons (Fsp3) is 0.500. The Morgan fingerprint density at radius 2 is 2.09 bits per heavy atom. The Labute approximate surface area is 205 Å². The van der Waals surface area contributed by atoms with Crippen molar-refractivity contribution >= 4 is 23.6 Å². The van der Waals surface area contributed by atoms with Crippen molar-refractivity contribution in [2.45, 2.75) is 68.8 Å². The SMILES string of the molecule is C/C=C\CC1CC1NC(=O)c1onc(OCC(C)(C)C2=NC(C)(C)CO2)c1Sc1ccccc1. The van der Waals surface area contributed by atoms with Crippen LogP contribution in [0.5, 0.6) is 5.88 Å². The monoisotopic (exact) mass is 483 g/mol. The Kier molecular flexibility index (Phi) is 7.07. The van der Waals surface area contributed by atoms with Crippen LogP contribution in [0.3, 0.4) is 0 Å². The fourth-order valence-corrected chi connectivity index (χ4v) is 4.61. The number of nitrogens with one attached hydrogen (secondary N) is 1. The topological polar surface area (TPSA) is 86.0 Å². The Bertz CT molecular complexity index is 1070. The highest BCUT2D eigenvalue weighted by Gasteiger charge is 2.40. The first-order valence-corrected chi connectivity index (χ1v) is 12.5. The third-order valence-electron chi connectivity index (χ3n) is 5.82. The summed E-state index contributed by atoms with van der Waals surface area (Å²) in [6.45, 7) is 10.9. The van der Waals surface area contributed by atoms with Crippen molar-refractivity contribution < 1.29 is 18.8 Å². The first-order chi connectivity index (χ1) is 16.2. The maximum absolute atomic E-state index is 13.0. The second-order valence-corrected chi connectivity index (χ2v) is 11.2. The minimum absolute atomic E-state index is 0.160. The van der Waals surface area contributed by atoms with Gasteiger partial charge in [0, 0.05) is 10.9 Å². The molecule has 1 aliphatic carbocycles. The molecule has 1 aromatic heterocycles. The van der Waals surface area contributed by atoms with Gasteiger partial charge in [0.25, 0.3) is 11.8 Å². The smallest absolute Gasteiger partial charge is 0.291 e. The van der Waals surface area contributed by atoms with Gasteiger partial charge in [-0.15, -0.1) is 0 Å². The molecule has 2 aliphatic rings. The number of rotatable bonds is 10. The molecular formula is C26H33N3O4S. The highest BCUT2D eigenvalue weighted by Crippen LogP contribution is 2.40. The van der Waals surface area contributed by atoms with Crippen LogP contribution in [0.2, 0.25) is 0 Å². The standard InChI is InChI=1S/C26H33N3O4S/c1-6-7-11-17-14-19(17)27-22(30)20-21(34-18-12-9-8-10-13-18)23(29-33-20)31-15-25(2,3)24-28-26(4,5)16-32-24/h6-10,12-13,17,19H,11,14-16H2,1-5H3,(H,27,30)/b7-6-. The van der Waals surface area contributed by atoms with Gasteiger partial charge in [0.1, 0.15) is 18.1 Å². The largest absolute Gasteiger partial charge is 0.478 e. The third kappa shape index (κ3) is 5.84. The molecule has 1 aromatic carbocycles. The fourth-order valence-electron chi connectivity index (χ4n) is 3.67. The molecule has 2 heterocycles. The number of hydrogen-bond donors (Lipinski definition) is 1. The van der Waals surface area contributed by atoms with Gasteiger partial charge in [-0.25, -0.2) is 4.99 Å². The lowest BCUT2D eigenvalue weighted by Gasteiger charge is -2.23. The molecule has 2 atom stereocenters. The molecule has 7 nitrogen and oxygen atoms in total. The summed E-state index contributed by atoms with van der Waals surface area (Å²) in [5, 5.41) is 7.20. The van der Waals surface area contributed by atoms with Crippen LogP contribution in [0.15, 0.2) is 61.8 Å². The van der Waals surface area contributed by atoms with Crippen molar-refractivity contribution in [1.29, 1.82) is 0 Å². The zero-order valence-electron chi connectivity index (χ0n) is 20.5. The van der Waals surface area contributed by atoms with Crippen molar-refractivity contribution in [1.82, 2.24) is 10.5 Å². The van der Waals surface area contributed by atoms with E-state index in [0.29, 0.717) is 29.2 Å². The van der Waals surface area contributed by atoms with E-state index >= 15 is 0 Å². The maximum atomic E-state index is 13.0. The molecular weight excluding hydrogens is 450 g/mol. The van der Waals surface area contributed by atoms with Crippen LogP contribution < -0.4 is 10.1 Å². The van der Waals surface area contributed by atoms with E-state index < -0.39 is 5.41 Å². The van der Waals surface area contributed by atoms with Gasteiger partial charge in [-0.05, 0) is 70.7 Å². The molecule has 4 rings (SSSR count). The molecule has 0 saturated heterocycles. The maximum Gasteiger partial charge on any atom is 0.291 e. The highest BCUT2D eigenvalue weighted by atomic mass is 32.2. The lowest BCUT2D eigenvalue weighted by Crippen LogP contribution is -2.31. The van der Waals surface area contributed by atoms with E-state index in [1.165, 1.54) is 11.8 Å². The summed E-state index contributed by atoms with van der Waals surface area (Å²) < 4.78 is 17.5. The number of aromatic nitrogens is 1. The van der Waals surface area contributed by atoms with Gasteiger partial charge in [0.15, 0.2) is 5.90 Å². The first-order valence-electron chi connectivity index (χ1n) is 11.7. The average Bonchev–Trinajstić information content (AvgIpc) is 3.22. The van der Waals surface area contributed by atoms with Gasteiger partial charge in [-0.1, -0.05) is 42.1 Å². The van der Waals surface area contributed by atoms with Crippen molar-refractivity contribution in [3.05, 3.63) is 48.2 Å². The Hall–Kier alpha value is -2.74. The quantitative estimate of drug-likeness (QED) is 0.448. The van der Waals surface area contributed by atoms with Crippen molar-refractivity contribution in [3.63, 3.8) is 0 Å². The molecule has 0 bridgehead atoms. The number of carbonyl (C=O) groups is 1. The van der Waals surface area contributed by atoms with Crippen LogP contribution in [0, 0.1) is 11.3 Å². The second-order valence-electron chi connectivity index (χ2n) is 10.1. The predicted octanol–water partition coefficient (Wildman–Crippen LogP) is 5.52. The number of nitrogens with zero attached hydrogens (tertiary/aromatic N) is 2. The van der Waals surface area contributed by atoms with Crippen molar-refractivity contribution in [2.24, 2.45) is 16.3 Å². The molecule has 182 valence electrons. The minimum atomic E-state index is -0.460. The van der Waals surface area contributed by atoms with Gasteiger partial charge < -0.3 is 19.3 Å². The molecule has 0 radical (unpaired) electrons. The Balaban J connectivity index is 1.50. The van der Waals surface area contributed by atoms with E-state index in [2.05, 4.69) is 16.5 Å². The van der Waals surface area contributed by atoms with Crippen LogP contribution in [-0.2, 0) is 4.74 Å². The van der Waals surface area contributed by atoms with E-state index in [1.807, 2.05) is 71.0 Å². The molecule has 8 heteroatoms. The molecule has 2 aromatic rings. The molecule has 1 fully saturated rings. The van der Waals surface area contributed by atoms with Crippen LogP contribution in [-0.4, -0.2) is 41.8 Å². The zero-order valence-corrected chi connectivity index (χ0v) is 21.3. The van der Waals surface area contributed by atoms with E-state index in [4.69, 9.17) is 19.0 Å². The Morgan fingerprint density at radius 1 is 1.32 bits per heavy atom. The lowest BCUT2D eigenvalue weighted by atomic mass is 9.94. The predicted molar refractivity (Wildman–Crippen MR) is 133 cm³/mol. The molecule has 1 aliphatic heterocycles. The van der Waals surface area contributed by atoms with Gasteiger partial charge in [-0.2, -0.15) is 0 Å². The first kappa shape index (κ1) is 24.4. The number of benzene rings is 1. The number of ether oxygens (including phenoxy) is 2. The number of aliphatic imine (C=N–C) groups is 1. The summed E-state index contributed by atoms with van der Waals surface area (Å²) in [4.78, 5) is 19.3. The molecule has 1 N–H and O–H groups in total. The van der Waals surface area contributed by atoms with Crippen LogP contribution in [0.1, 0.15) is 58.0 Å². The molecule has 0 spiro atoms. The van der Waals surface area contributed by atoms with Crippen molar-refractivity contribution in [2.75, 3.05) is 13.2 Å². The summed E-state index contributed by atoms with van der Waals surface area (Å²) in [6.07, 6.45) is 6.11. The highest BCUT2D eigenvalue weighted by molar-refractivity contribution is 7.99. The van der Waals surface area contributed by atoms with E-state index in [1.54, 1.807) is 0 Å². The van der Waals surface area contributed by atoms with Crippen LogP contribution >= 0.6 is 11.8 Å². The summed E-state index contributed by atoms with van der Waals surface area (Å²) in [7, 11) is 0. The van der Waals surface area contributed by atoms with E-state index in [9.17, 15) is 4.79 Å². The van der Waals surface area contributed by atoms with E-state index in [0.717, 1.165) is 17.7 Å². The van der Waals surface area contributed by atoms with Crippen LogP contribution in [0.4, 0.5) is 0 Å². The summed E-state index contributed by atoms with van der Waals surface area (Å²) in [6, 6.07) is 9.97. The zero-order chi connectivity index (χ0) is 24.3. The normalized spacial score (nSPS) is 21.3. The number of amides is 1. The summed E-state index contributed by atoms with van der Waals surface area (Å²) >= 11 is 1.41. The number of carbonyl (C=O) groups excluding carboxylic acids is 1. The minimum Gasteiger partial charge on any atom is -0.478 e. The van der Waals surface area contributed by atoms with E-state index in [-0.39, 0.29) is 29.9 Å². The van der Waals surface area contributed by atoms with Gasteiger partial charge in [0.05, 0.1) is 11.0 Å². The van der Waals surface area contributed by atoms with Gasteiger partial charge in [-0.3, -0.25) is 4.79 Å². The van der Waals surface area contributed by atoms with Gasteiger partial charge in [0.2, 0.25) is 5.76 Å².